The van der Waals surface area contributed by atoms with Gasteiger partial charge in [-0.15, -0.1) is 0 Å². The molecule has 5 heteroatoms. The number of benzene rings is 2. The summed E-state index contributed by atoms with van der Waals surface area (Å²) in [5.74, 6) is 0.399. The maximum absolute atomic E-state index is 9.33. The van der Waals surface area contributed by atoms with Gasteiger partial charge >= 0.3 is 0 Å². The molecule has 0 radical (unpaired) electrons. The first-order valence-electron chi connectivity index (χ1n) is 6.29. The van der Waals surface area contributed by atoms with Crippen LogP contribution in [0.5, 0.6) is 11.5 Å². The van der Waals surface area contributed by atoms with Gasteiger partial charge in [-0.2, -0.15) is 0 Å². The Morgan fingerprint density at radius 1 is 1.00 bits per heavy atom. The zero-order valence-corrected chi connectivity index (χ0v) is 13.3. The molecule has 0 aliphatic carbocycles. The highest BCUT2D eigenvalue weighted by molar-refractivity contribution is 6.37. The van der Waals surface area contributed by atoms with Gasteiger partial charge in [-0.25, -0.2) is 0 Å². The van der Waals surface area contributed by atoms with E-state index in [-0.39, 0.29) is 5.75 Å². The van der Waals surface area contributed by atoms with Crippen molar-refractivity contribution in [3.05, 3.63) is 63.1 Å². The summed E-state index contributed by atoms with van der Waals surface area (Å²) in [5, 5.41) is 10.6. The van der Waals surface area contributed by atoms with Gasteiger partial charge in [-0.05, 0) is 24.1 Å². The maximum Gasteiger partial charge on any atom is 0.156 e. The molecule has 2 aromatic carbocycles. The first-order chi connectivity index (χ1) is 10.1. The van der Waals surface area contributed by atoms with Crippen LogP contribution in [0.4, 0.5) is 0 Å². The second-order valence-corrected chi connectivity index (χ2v) is 5.58. The number of phenolic OH excluding ortho intramolecular Hbond substituents is 1. The van der Waals surface area contributed by atoms with Crippen molar-refractivity contribution in [1.82, 2.24) is 0 Å². The van der Waals surface area contributed by atoms with Crippen LogP contribution in [0.1, 0.15) is 12.0 Å². The SMILES string of the molecule is Oc1cc(Cl)c(OCC/C=C/c2ccc(Cl)cc2)c(Cl)c1. The van der Waals surface area contributed by atoms with Gasteiger partial charge in [0.05, 0.1) is 16.7 Å². The summed E-state index contributed by atoms with van der Waals surface area (Å²) in [7, 11) is 0. The largest absolute Gasteiger partial charge is 0.508 e. The molecule has 0 aromatic heterocycles. The highest BCUT2D eigenvalue weighted by Crippen LogP contribution is 2.36. The zero-order valence-electron chi connectivity index (χ0n) is 11.0. The van der Waals surface area contributed by atoms with Crippen LogP contribution in [0, 0.1) is 0 Å². The van der Waals surface area contributed by atoms with Crippen molar-refractivity contribution in [1.29, 1.82) is 0 Å². The van der Waals surface area contributed by atoms with Crippen molar-refractivity contribution < 1.29 is 9.84 Å². The Balaban J connectivity index is 1.86. The molecule has 0 amide bonds. The Labute approximate surface area is 138 Å². The molecule has 0 bridgehead atoms. The summed E-state index contributed by atoms with van der Waals surface area (Å²) < 4.78 is 5.53. The molecule has 0 unspecified atom stereocenters. The van der Waals surface area contributed by atoms with E-state index in [2.05, 4.69) is 0 Å². The molecule has 1 N–H and O–H groups in total. The van der Waals surface area contributed by atoms with Crippen LogP contribution in [-0.2, 0) is 0 Å². The molecule has 110 valence electrons. The van der Waals surface area contributed by atoms with Crippen LogP contribution < -0.4 is 4.74 Å². The second-order valence-electron chi connectivity index (χ2n) is 4.33. The van der Waals surface area contributed by atoms with Gasteiger partial charge in [0.2, 0.25) is 0 Å². The monoisotopic (exact) mass is 342 g/mol. The molecule has 0 aliphatic rings. The van der Waals surface area contributed by atoms with Crippen LogP contribution >= 0.6 is 34.8 Å². The molecule has 21 heavy (non-hydrogen) atoms. The van der Waals surface area contributed by atoms with E-state index in [1.807, 2.05) is 36.4 Å². The molecule has 2 nitrogen and oxygen atoms in total. The van der Waals surface area contributed by atoms with Gasteiger partial charge in [0, 0.05) is 17.2 Å². The lowest BCUT2D eigenvalue weighted by Gasteiger charge is -2.09. The fraction of sp³-hybridized carbons (Fsp3) is 0.125. The van der Waals surface area contributed by atoms with Gasteiger partial charge in [-0.1, -0.05) is 59.1 Å². The first kappa shape index (κ1) is 16.0. The quantitative estimate of drug-likeness (QED) is 0.692. The predicted molar refractivity (Wildman–Crippen MR) is 88.7 cm³/mol. The van der Waals surface area contributed by atoms with E-state index < -0.39 is 0 Å². The van der Waals surface area contributed by atoms with Crippen LogP contribution in [0.3, 0.4) is 0 Å². The maximum atomic E-state index is 9.33. The lowest BCUT2D eigenvalue weighted by Crippen LogP contribution is -1.97. The van der Waals surface area contributed by atoms with E-state index in [1.165, 1.54) is 12.1 Å². The first-order valence-corrected chi connectivity index (χ1v) is 7.42. The van der Waals surface area contributed by atoms with Gasteiger partial charge in [0.25, 0.3) is 0 Å². The molecule has 0 fully saturated rings. The summed E-state index contributed by atoms with van der Waals surface area (Å²) in [6.45, 7) is 0.439. The molecule has 2 rings (SSSR count). The molecule has 0 saturated carbocycles. The van der Waals surface area contributed by atoms with Crippen LogP contribution in [0.25, 0.3) is 6.08 Å². The molecule has 0 heterocycles. The lowest BCUT2D eigenvalue weighted by molar-refractivity contribution is 0.325. The third kappa shape index (κ3) is 4.85. The predicted octanol–water partition coefficient (Wildman–Crippen LogP) is 5.83. The molecule has 0 saturated heterocycles. The Kier molecular flexibility index (Phi) is 5.80. The second kappa shape index (κ2) is 7.60. The topological polar surface area (TPSA) is 29.5 Å². The Morgan fingerprint density at radius 3 is 2.24 bits per heavy atom. The normalized spacial score (nSPS) is 11.0. The van der Waals surface area contributed by atoms with E-state index >= 15 is 0 Å². The minimum atomic E-state index is 0.0139. The number of hydrogen-bond acceptors (Lipinski definition) is 2. The molecule has 0 spiro atoms. The minimum Gasteiger partial charge on any atom is -0.508 e. The summed E-state index contributed by atoms with van der Waals surface area (Å²) in [5.41, 5.74) is 1.07. The molecule has 2 aromatic rings. The Bertz CT molecular complexity index is 613. The van der Waals surface area contributed by atoms with E-state index in [0.717, 1.165) is 5.56 Å². The average molecular weight is 344 g/mol. The van der Waals surface area contributed by atoms with E-state index in [4.69, 9.17) is 39.5 Å². The van der Waals surface area contributed by atoms with Crippen molar-refractivity contribution in [3.8, 4) is 11.5 Å². The molecular weight excluding hydrogens is 331 g/mol. The third-order valence-electron chi connectivity index (χ3n) is 2.69. The van der Waals surface area contributed by atoms with Crippen molar-refractivity contribution in [2.24, 2.45) is 0 Å². The number of phenols is 1. The fourth-order valence-electron chi connectivity index (χ4n) is 1.71. The molecule has 0 aliphatic heterocycles. The summed E-state index contributed by atoms with van der Waals surface area (Å²) in [4.78, 5) is 0. The van der Waals surface area contributed by atoms with Crippen molar-refractivity contribution in [3.63, 3.8) is 0 Å². The standard InChI is InChI=1S/C16H13Cl3O2/c17-12-6-4-11(5-7-12)3-1-2-8-21-16-14(18)9-13(20)10-15(16)19/h1,3-7,9-10,20H,2,8H2/b3-1+. The van der Waals surface area contributed by atoms with E-state index in [0.29, 0.717) is 33.8 Å². The van der Waals surface area contributed by atoms with Crippen molar-refractivity contribution in [2.45, 2.75) is 6.42 Å². The minimum absolute atomic E-state index is 0.0139. The highest BCUT2D eigenvalue weighted by Gasteiger charge is 2.08. The van der Waals surface area contributed by atoms with Gasteiger partial charge < -0.3 is 9.84 Å². The molecular formula is C16H13Cl3O2. The summed E-state index contributed by atoms with van der Waals surface area (Å²) in [6.07, 6.45) is 4.68. The number of halogens is 3. The zero-order chi connectivity index (χ0) is 15.2. The van der Waals surface area contributed by atoms with Gasteiger partial charge in [0.15, 0.2) is 5.75 Å². The van der Waals surface area contributed by atoms with E-state index in [1.54, 1.807) is 0 Å². The molecule has 0 atom stereocenters. The van der Waals surface area contributed by atoms with Gasteiger partial charge in [-0.3, -0.25) is 0 Å². The number of hydrogen-bond donors (Lipinski definition) is 1. The van der Waals surface area contributed by atoms with Crippen LogP contribution in [0.15, 0.2) is 42.5 Å². The Hall–Kier alpha value is -1.35. The summed E-state index contributed by atoms with van der Waals surface area (Å²) in [6, 6.07) is 10.3. The number of aromatic hydroxyl groups is 1. The van der Waals surface area contributed by atoms with Crippen molar-refractivity contribution >= 4 is 40.9 Å². The Morgan fingerprint density at radius 2 is 1.62 bits per heavy atom. The third-order valence-corrected chi connectivity index (χ3v) is 3.51. The highest BCUT2D eigenvalue weighted by atomic mass is 35.5. The fourth-order valence-corrected chi connectivity index (χ4v) is 2.42. The number of ether oxygens (including phenoxy) is 1. The average Bonchev–Trinajstić information content (AvgIpc) is 2.43. The summed E-state index contributed by atoms with van der Waals surface area (Å²) >= 11 is 17.7. The van der Waals surface area contributed by atoms with Gasteiger partial charge in [0.1, 0.15) is 5.75 Å². The van der Waals surface area contributed by atoms with Crippen LogP contribution in [-0.4, -0.2) is 11.7 Å². The number of rotatable bonds is 5. The lowest BCUT2D eigenvalue weighted by atomic mass is 10.2. The van der Waals surface area contributed by atoms with Crippen molar-refractivity contribution in [2.75, 3.05) is 6.61 Å². The van der Waals surface area contributed by atoms with E-state index in [9.17, 15) is 5.11 Å². The smallest absolute Gasteiger partial charge is 0.156 e. The van der Waals surface area contributed by atoms with Crippen LogP contribution in [0.2, 0.25) is 15.1 Å².